The molecule has 1 aromatic heterocycles. The van der Waals surface area contributed by atoms with Crippen LogP contribution >= 0.6 is 11.6 Å². The lowest BCUT2D eigenvalue weighted by atomic mass is 10.2. The summed E-state index contributed by atoms with van der Waals surface area (Å²) >= 11 is 5.73. The number of carbonyl (C=O) groups is 2. The average molecular weight is 278 g/mol. The number of aromatic amines is 1. The third kappa shape index (κ3) is 3.59. The minimum absolute atomic E-state index is 0.167. The first-order valence-electron chi connectivity index (χ1n) is 5.57. The quantitative estimate of drug-likeness (QED) is 0.807. The SMILES string of the molecule is CC(=O)Nc1cccc(NC(=O)c2cc(Cl)c[nH]2)c1. The number of amides is 2. The van der Waals surface area contributed by atoms with E-state index >= 15 is 0 Å². The summed E-state index contributed by atoms with van der Waals surface area (Å²) in [5.74, 6) is -0.466. The number of H-pyrrole nitrogens is 1. The molecule has 0 aliphatic carbocycles. The van der Waals surface area contributed by atoms with Crippen LogP contribution in [0.2, 0.25) is 5.02 Å². The fraction of sp³-hybridized carbons (Fsp3) is 0.0769. The number of nitrogens with one attached hydrogen (secondary N) is 3. The van der Waals surface area contributed by atoms with Crippen LogP contribution < -0.4 is 10.6 Å². The zero-order chi connectivity index (χ0) is 13.8. The van der Waals surface area contributed by atoms with Crippen molar-refractivity contribution in [2.75, 3.05) is 10.6 Å². The first kappa shape index (κ1) is 13.2. The predicted molar refractivity (Wildman–Crippen MR) is 74.5 cm³/mol. The van der Waals surface area contributed by atoms with E-state index in [9.17, 15) is 9.59 Å². The molecular formula is C13H12ClN3O2. The van der Waals surface area contributed by atoms with Crippen molar-refractivity contribution in [3.8, 4) is 0 Å². The molecule has 5 nitrogen and oxygen atoms in total. The molecule has 0 aliphatic heterocycles. The second kappa shape index (κ2) is 5.58. The molecule has 0 aliphatic rings. The van der Waals surface area contributed by atoms with Crippen LogP contribution in [0.15, 0.2) is 36.5 Å². The lowest BCUT2D eigenvalue weighted by Crippen LogP contribution is -2.12. The van der Waals surface area contributed by atoms with Crippen LogP contribution in [0.1, 0.15) is 17.4 Å². The van der Waals surface area contributed by atoms with E-state index in [0.29, 0.717) is 22.1 Å². The highest BCUT2D eigenvalue weighted by atomic mass is 35.5. The maximum absolute atomic E-state index is 11.9. The van der Waals surface area contributed by atoms with Crippen LogP contribution in [-0.4, -0.2) is 16.8 Å². The number of rotatable bonds is 3. The minimum Gasteiger partial charge on any atom is -0.356 e. The van der Waals surface area contributed by atoms with Crippen LogP contribution in [0.5, 0.6) is 0 Å². The van der Waals surface area contributed by atoms with Crippen LogP contribution in [0.3, 0.4) is 0 Å². The van der Waals surface area contributed by atoms with Gasteiger partial charge in [-0.15, -0.1) is 0 Å². The Morgan fingerprint density at radius 3 is 2.42 bits per heavy atom. The molecule has 3 N–H and O–H groups in total. The van der Waals surface area contributed by atoms with Gasteiger partial charge in [0.05, 0.1) is 5.02 Å². The van der Waals surface area contributed by atoms with Crippen molar-refractivity contribution in [1.29, 1.82) is 0 Å². The standard InChI is InChI=1S/C13H12ClN3O2/c1-8(18)16-10-3-2-4-11(6-10)17-13(19)12-5-9(14)7-15-12/h2-7,15H,1H3,(H,16,18)(H,17,19). The molecule has 1 heterocycles. The number of halogens is 1. The van der Waals surface area contributed by atoms with Gasteiger partial charge in [-0.25, -0.2) is 0 Å². The Balaban J connectivity index is 2.10. The summed E-state index contributed by atoms with van der Waals surface area (Å²) in [6.07, 6.45) is 1.53. The van der Waals surface area contributed by atoms with E-state index in [0.717, 1.165) is 0 Å². The van der Waals surface area contributed by atoms with Crippen molar-refractivity contribution in [2.45, 2.75) is 6.92 Å². The van der Waals surface area contributed by atoms with Gasteiger partial charge in [-0.05, 0) is 24.3 Å². The van der Waals surface area contributed by atoms with Gasteiger partial charge in [0, 0.05) is 24.5 Å². The molecule has 0 saturated carbocycles. The predicted octanol–water partition coefficient (Wildman–Crippen LogP) is 2.88. The number of anilines is 2. The molecule has 6 heteroatoms. The molecule has 2 amide bonds. The largest absolute Gasteiger partial charge is 0.356 e. The van der Waals surface area contributed by atoms with E-state index in [4.69, 9.17) is 11.6 Å². The van der Waals surface area contributed by atoms with Gasteiger partial charge in [0.15, 0.2) is 0 Å². The van der Waals surface area contributed by atoms with E-state index in [2.05, 4.69) is 15.6 Å². The van der Waals surface area contributed by atoms with E-state index < -0.39 is 0 Å². The summed E-state index contributed by atoms with van der Waals surface area (Å²) in [7, 11) is 0. The van der Waals surface area contributed by atoms with Crippen molar-refractivity contribution in [2.24, 2.45) is 0 Å². The number of hydrogen-bond acceptors (Lipinski definition) is 2. The Hall–Kier alpha value is -2.27. The lowest BCUT2D eigenvalue weighted by Gasteiger charge is -2.06. The van der Waals surface area contributed by atoms with Crippen molar-refractivity contribution >= 4 is 34.8 Å². The molecular weight excluding hydrogens is 266 g/mol. The van der Waals surface area contributed by atoms with E-state index in [-0.39, 0.29) is 11.8 Å². The lowest BCUT2D eigenvalue weighted by molar-refractivity contribution is -0.114. The van der Waals surface area contributed by atoms with Crippen LogP contribution in [0, 0.1) is 0 Å². The molecule has 0 fully saturated rings. The molecule has 0 spiro atoms. The average Bonchev–Trinajstić information content (AvgIpc) is 2.75. The molecule has 0 radical (unpaired) electrons. The van der Waals surface area contributed by atoms with Crippen LogP contribution in [-0.2, 0) is 4.79 Å². The number of hydrogen-bond donors (Lipinski definition) is 3. The van der Waals surface area contributed by atoms with Crippen molar-refractivity contribution in [3.63, 3.8) is 0 Å². The summed E-state index contributed by atoms with van der Waals surface area (Å²) in [5, 5.41) is 5.82. The maximum atomic E-state index is 11.9. The van der Waals surface area contributed by atoms with Gasteiger partial charge in [0.25, 0.3) is 5.91 Å². The van der Waals surface area contributed by atoms with Gasteiger partial charge < -0.3 is 15.6 Å². The van der Waals surface area contributed by atoms with Crippen molar-refractivity contribution in [1.82, 2.24) is 4.98 Å². The molecule has 1 aromatic carbocycles. The maximum Gasteiger partial charge on any atom is 0.272 e. The molecule has 0 saturated heterocycles. The van der Waals surface area contributed by atoms with Gasteiger partial charge in [-0.3, -0.25) is 9.59 Å². The highest BCUT2D eigenvalue weighted by Gasteiger charge is 2.08. The van der Waals surface area contributed by atoms with Crippen LogP contribution in [0.4, 0.5) is 11.4 Å². The van der Waals surface area contributed by atoms with E-state index in [1.165, 1.54) is 19.2 Å². The number of aromatic nitrogens is 1. The molecule has 0 unspecified atom stereocenters. The topological polar surface area (TPSA) is 74.0 Å². The normalized spacial score (nSPS) is 10.0. The van der Waals surface area contributed by atoms with Gasteiger partial charge in [-0.2, -0.15) is 0 Å². The summed E-state index contributed by atoms with van der Waals surface area (Å²) in [5.41, 5.74) is 1.58. The minimum atomic E-state index is -0.299. The second-order valence-electron chi connectivity index (χ2n) is 3.95. The third-order valence-corrected chi connectivity index (χ3v) is 2.55. The Morgan fingerprint density at radius 2 is 1.84 bits per heavy atom. The fourth-order valence-corrected chi connectivity index (χ4v) is 1.74. The monoisotopic (exact) mass is 277 g/mol. The van der Waals surface area contributed by atoms with E-state index in [1.54, 1.807) is 24.3 Å². The van der Waals surface area contributed by atoms with E-state index in [1.807, 2.05) is 0 Å². The first-order chi connectivity index (χ1) is 9.04. The van der Waals surface area contributed by atoms with Gasteiger partial charge in [0.2, 0.25) is 5.91 Å². The smallest absolute Gasteiger partial charge is 0.272 e. The Bertz CT molecular complexity index is 622. The molecule has 98 valence electrons. The zero-order valence-corrected chi connectivity index (χ0v) is 10.9. The third-order valence-electron chi connectivity index (χ3n) is 2.33. The molecule has 19 heavy (non-hydrogen) atoms. The summed E-state index contributed by atoms with van der Waals surface area (Å²) in [6, 6.07) is 8.41. The zero-order valence-electron chi connectivity index (χ0n) is 10.2. The van der Waals surface area contributed by atoms with Gasteiger partial charge >= 0.3 is 0 Å². The van der Waals surface area contributed by atoms with Gasteiger partial charge in [0.1, 0.15) is 5.69 Å². The Kier molecular flexibility index (Phi) is 3.87. The molecule has 0 bridgehead atoms. The molecule has 2 rings (SSSR count). The second-order valence-corrected chi connectivity index (χ2v) is 4.38. The van der Waals surface area contributed by atoms with Crippen LogP contribution in [0.25, 0.3) is 0 Å². The highest BCUT2D eigenvalue weighted by Crippen LogP contribution is 2.16. The summed E-state index contributed by atoms with van der Waals surface area (Å²) < 4.78 is 0. The van der Waals surface area contributed by atoms with Crippen molar-refractivity contribution < 1.29 is 9.59 Å². The molecule has 2 aromatic rings. The Labute approximate surface area is 115 Å². The summed E-state index contributed by atoms with van der Waals surface area (Å²) in [6.45, 7) is 1.42. The molecule has 0 atom stereocenters. The van der Waals surface area contributed by atoms with Gasteiger partial charge in [-0.1, -0.05) is 17.7 Å². The van der Waals surface area contributed by atoms with Crippen molar-refractivity contribution in [3.05, 3.63) is 47.2 Å². The number of benzene rings is 1. The fourth-order valence-electron chi connectivity index (χ4n) is 1.58. The Morgan fingerprint density at radius 1 is 1.16 bits per heavy atom. The highest BCUT2D eigenvalue weighted by molar-refractivity contribution is 6.31. The number of carbonyl (C=O) groups excluding carboxylic acids is 2. The first-order valence-corrected chi connectivity index (χ1v) is 5.95. The summed E-state index contributed by atoms with van der Waals surface area (Å²) in [4.78, 5) is 25.6.